The van der Waals surface area contributed by atoms with Gasteiger partial charge in [-0.15, -0.1) is 0 Å². The zero-order chi connectivity index (χ0) is 11.6. The monoisotopic (exact) mass is 229 g/mol. The molecule has 0 amide bonds. The van der Waals surface area contributed by atoms with Crippen LogP contribution in [0.25, 0.3) is 0 Å². The molecule has 16 heavy (non-hydrogen) atoms. The summed E-state index contributed by atoms with van der Waals surface area (Å²) in [6.45, 7) is 6.45. The van der Waals surface area contributed by atoms with Crippen molar-refractivity contribution in [3.8, 4) is 0 Å². The molecule has 3 aliphatic heterocycles. The van der Waals surface area contributed by atoms with Crippen molar-refractivity contribution in [2.24, 2.45) is 5.73 Å². The van der Waals surface area contributed by atoms with Gasteiger partial charge in [0.15, 0.2) is 12.1 Å². The largest absolute Gasteiger partial charge is 0.348 e. The van der Waals surface area contributed by atoms with Gasteiger partial charge in [0.2, 0.25) is 0 Å². The summed E-state index contributed by atoms with van der Waals surface area (Å²) in [7, 11) is 0. The SMILES string of the molecule is CC[C@@]12COC(O1)[C@H](N)[C@H]1OC(C)(C)O[C@H]12. The van der Waals surface area contributed by atoms with Crippen LogP contribution in [-0.2, 0) is 18.9 Å². The molecule has 1 unspecified atom stereocenters. The Bertz CT molecular complexity index is 308. The molecule has 3 rings (SSSR count). The fraction of sp³-hybridized carbons (Fsp3) is 1.00. The molecular formula is C11H19NO4. The molecule has 3 aliphatic rings. The summed E-state index contributed by atoms with van der Waals surface area (Å²) in [6, 6.07) is -0.269. The Hall–Kier alpha value is -0.200. The number of rotatable bonds is 1. The quantitative estimate of drug-likeness (QED) is 0.703. The lowest BCUT2D eigenvalue weighted by molar-refractivity contribution is -0.193. The fourth-order valence-electron chi connectivity index (χ4n) is 2.88. The first-order valence-electron chi connectivity index (χ1n) is 5.88. The van der Waals surface area contributed by atoms with Crippen LogP contribution in [0.2, 0.25) is 0 Å². The van der Waals surface area contributed by atoms with E-state index < -0.39 is 5.79 Å². The summed E-state index contributed by atoms with van der Waals surface area (Å²) in [6.07, 6.45) is 0.243. The zero-order valence-electron chi connectivity index (χ0n) is 9.93. The number of ether oxygens (including phenoxy) is 4. The molecule has 5 atom stereocenters. The molecule has 0 aromatic carbocycles. The molecule has 0 saturated carbocycles. The minimum atomic E-state index is -0.580. The second-order valence-corrected chi connectivity index (χ2v) is 5.31. The van der Waals surface area contributed by atoms with Crippen molar-refractivity contribution in [2.45, 2.75) is 63.1 Å². The van der Waals surface area contributed by atoms with Gasteiger partial charge in [0, 0.05) is 0 Å². The third-order valence-electron chi connectivity index (χ3n) is 3.78. The first-order valence-corrected chi connectivity index (χ1v) is 5.88. The van der Waals surface area contributed by atoms with E-state index in [9.17, 15) is 0 Å². The Labute approximate surface area is 95.2 Å². The highest BCUT2D eigenvalue weighted by molar-refractivity contribution is 5.08. The van der Waals surface area contributed by atoms with Gasteiger partial charge in [0.1, 0.15) is 17.8 Å². The van der Waals surface area contributed by atoms with E-state index in [1.807, 2.05) is 13.8 Å². The average Bonchev–Trinajstić information content (AvgIpc) is 2.76. The zero-order valence-corrected chi connectivity index (χ0v) is 9.93. The molecule has 3 heterocycles. The molecule has 2 N–H and O–H groups in total. The van der Waals surface area contributed by atoms with Crippen LogP contribution in [0, 0.1) is 0 Å². The van der Waals surface area contributed by atoms with Gasteiger partial charge in [0.05, 0.1) is 12.6 Å². The van der Waals surface area contributed by atoms with Gasteiger partial charge in [-0.3, -0.25) is 0 Å². The van der Waals surface area contributed by atoms with Crippen LogP contribution in [0.3, 0.4) is 0 Å². The molecular weight excluding hydrogens is 210 g/mol. The van der Waals surface area contributed by atoms with E-state index in [4.69, 9.17) is 24.7 Å². The van der Waals surface area contributed by atoms with Gasteiger partial charge < -0.3 is 24.7 Å². The minimum absolute atomic E-state index is 0.124. The van der Waals surface area contributed by atoms with Gasteiger partial charge >= 0.3 is 0 Å². The number of hydrogen-bond donors (Lipinski definition) is 1. The molecule has 3 saturated heterocycles. The molecule has 0 radical (unpaired) electrons. The van der Waals surface area contributed by atoms with E-state index in [0.717, 1.165) is 6.42 Å². The summed E-state index contributed by atoms with van der Waals surface area (Å²) < 4.78 is 23.3. The molecule has 92 valence electrons. The maximum absolute atomic E-state index is 6.08. The Morgan fingerprint density at radius 1 is 1.25 bits per heavy atom. The van der Waals surface area contributed by atoms with Crippen molar-refractivity contribution in [1.29, 1.82) is 0 Å². The molecule has 0 aliphatic carbocycles. The number of fused-ring (bicyclic) bond motifs is 4. The third-order valence-corrected chi connectivity index (χ3v) is 3.78. The molecule has 0 aromatic rings. The smallest absolute Gasteiger partial charge is 0.176 e. The summed E-state index contributed by atoms with van der Waals surface area (Å²) >= 11 is 0. The normalized spacial score (nSPS) is 54.0. The Morgan fingerprint density at radius 3 is 2.69 bits per heavy atom. The minimum Gasteiger partial charge on any atom is -0.348 e. The van der Waals surface area contributed by atoms with Gasteiger partial charge in [-0.25, -0.2) is 0 Å². The van der Waals surface area contributed by atoms with Gasteiger partial charge in [-0.1, -0.05) is 6.92 Å². The lowest BCUT2D eigenvalue weighted by atomic mass is 9.86. The highest BCUT2D eigenvalue weighted by Crippen LogP contribution is 2.46. The standard InChI is InChI=1S/C11H19NO4/c1-4-11-5-13-9(16-11)6(12)7-8(11)15-10(2,3)14-7/h6-9H,4-5,12H2,1-3H3/t6-,7-,8-,9?,11+/m1/s1. The maximum Gasteiger partial charge on any atom is 0.176 e. The van der Waals surface area contributed by atoms with E-state index in [-0.39, 0.29) is 30.1 Å². The van der Waals surface area contributed by atoms with Crippen molar-refractivity contribution in [3.63, 3.8) is 0 Å². The van der Waals surface area contributed by atoms with Crippen molar-refractivity contribution in [1.82, 2.24) is 0 Å². The molecule has 3 fully saturated rings. The van der Waals surface area contributed by atoms with Gasteiger partial charge in [-0.05, 0) is 20.3 Å². The first-order chi connectivity index (χ1) is 7.47. The Morgan fingerprint density at radius 2 is 2.00 bits per heavy atom. The van der Waals surface area contributed by atoms with E-state index >= 15 is 0 Å². The predicted molar refractivity (Wildman–Crippen MR) is 55.6 cm³/mol. The summed E-state index contributed by atoms with van der Waals surface area (Å²) in [5, 5.41) is 0. The van der Waals surface area contributed by atoms with Crippen molar-refractivity contribution in [2.75, 3.05) is 6.61 Å². The highest BCUT2D eigenvalue weighted by Gasteiger charge is 2.64. The summed E-state index contributed by atoms with van der Waals surface area (Å²) in [5.74, 6) is -0.580. The lowest BCUT2D eigenvalue weighted by Gasteiger charge is -2.40. The highest BCUT2D eigenvalue weighted by atomic mass is 16.8. The van der Waals surface area contributed by atoms with E-state index in [0.29, 0.717) is 6.61 Å². The van der Waals surface area contributed by atoms with E-state index in [1.54, 1.807) is 0 Å². The Balaban J connectivity index is 1.95. The van der Waals surface area contributed by atoms with Gasteiger partial charge in [-0.2, -0.15) is 0 Å². The molecule has 0 aromatic heterocycles. The van der Waals surface area contributed by atoms with Crippen LogP contribution in [0.4, 0.5) is 0 Å². The Kier molecular flexibility index (Phi) is 2.17. The molecule has 5 heteroatoms. The van der Waals surface area contributed by atoms with Crippen molar-refractivity contribution >= 4 is 0 Å². The van der Waals surface area contributed by atoms with E-state index in [1.165, 1.54) is 0 Å². The molecule has 5 nitrogen and oxygen atoms in total. The number of hydrogen-bond acceptors (Lipinski definition) is 5. The van der Waals surface area contributed by atoms with Crippen LogP contribution in [0.15, 0.2) is 0 Å². The van der Waals surface area contributed by atoms with Crippen LogP contribution >= 0.6 is 0 Å². The van der Waals surface area contributed by atoms with Crippen LogP contribution in [-0.4, -0.2) is 42.5 Å². The van der Waals surface area contributed by atoms with Gasteiger partial charge in [0.25, 0.3) is 0 Å². The van der Waals surface area contributed by atoms with Crippen LogP contribution in [0.5, 0.6) is 0 Å². The average molecular weight is 229 g/mol. The lowest BCUT2D eigenvalue weighted by Crippen LogP contribution is -2.61. The van der Waals surface area contributed by atoms with Crippen LogP contribution in [0.1, 0.15) is 27.2 Å². The molecule has 0 spiro atoms. The summed E-state index contributed by atoms with van der Waals surface area (Å²) in [4.78, 5) is 0. The topological polar surface area (TPSA) is 62.9 Å². The molecule has 2 bridgehead atoms. The van der Waals surface area contributed by atoms with E-state index in [2.05, 4.69) is 6.92 Å². The fourth-order valence-corrected chi connectivity index (χ4v) is 2.88. The number of nitrogens with two attached hydrogens (primary N) is 1. The van der Waals surface area contributed by atoms with Crippen molar-refractivity contribution < 1.29 is 18.9 Å². The third kappa shape index (κ3) is 1.29. The summed E-state index contributed by atoms with van der Waals surface area (Å²) in [5.41, 5.74) is 5.71. The maximum atomic E-state index is 6.08. The first kappa shape index (κ1) is 10.9. The second-order valence-electron chi connectivity index (χ2n) is 5.31. The second kappa shape index (κ2) is 3.17. The van der Waals surface area contributed by atoms with Crippen molar-refractivity contribution in [3.05, 3.63) is 0 Å². The van der Waals surface area contributed by atoms with Crippen LogP contribution < -0.4 is 5.73 Å². The predicted octanol–water partition coefficient (Wildman–Crippen LogP) is 0.369.